The lowest BCUT2D eigenvalue weighted by Crippen LogP contribution is -2.21. The van der Waals surface area contributed by atoms with Crippen molar-refractivity contribution in [1.29, 1.82) is 0 Å². The lowest BCUT2D eigenvalue weighted by Gasteiger charge is -2.14. The first-order chi connectivity index (χ1) is 9.71. The van der Waals surface area contributed by atoms with Gasteiger partial charge in [0.15, 0.2) is 11.5 Å². The molecule has 0 fully saturated rings. The molecule has 1 rings (SSSR count). The van der Waals surface area contributed by atoms with Gasteiger partial charge >= 0.3 is 0 Å². The van der Waals surface area contributed by atoms with E-state index in [-0.39, 0.29) is 6.04 Å². The summed E-state index contributed by atoms with van der Waals surface area (Å²) in [7, 11) is 1.65. The van der Waals surface area contributed by atoms with Crippen molar-refractivity contribution in [1.82, 2.24) is 0 Å². The molecule has 0 aliphatic rings. The van der Waals surface area contributed by atoms with Crippen LogP contribution in [-0.4, -0.2) is 33.0 Å². The van der Waals surface area contributed by atoms with Crippen molar-refractivity contribution in [2.45, 2.75) is 39.2 Å². The van der Waals surface area contributed by atoms with Gasteiger partial charge in [-0.3, -0.25) is 0 Å². The van der Waals surface area contributed by atoms with Gasteiger partial charge in [0.1, 0.15) is 0 Å². The Labute approximate surface area is 122 Å². The molecule has 0 aliphatic heterocycles. The minimum absolute atomic E-state index is 0.189. The molecule has 0 spiro atoms. The normalized spacial score (nSPS) is 12.2. The highest BCUT2D eigenvalue weighted by molar-refractivity contribution is 5.43. The zero-order valence-electron chi connectivity index (χ0n) is 12.9. The largest absolute Gasteiger partial charge is 0.493 e. The summed E-state index contributed by atoms with van der Waals surface area (Å²) in [6, 6.07) is 6.20. The van der Waals surface area contributed by atoms with E-state index in [4.69, 9.17) is 19.9 Å². The number of methoxy groups -OCH3 is 1. The van der Waals surface area contributed by atoms with E-state index in [1.807, 2.05) is 25.1 Å². The second-order valence-corrected chi connectivity index (χ2v) is 4.76. The Morgan fingerprint density at radius 2 is 1.95 bits per heavy atom. The van der Waals surface area contributed by atoms with Gasteiger partial charge in [-0.05, 0) is 37.5 Å². The molecule has 0 saturated carbocycles. The molecule has 20 heavy (non-hydrogen) atoms. The predicted molar refractivity (Wildman–Crippen MR) is 81.6 cm³/mol. The van der Waals surface area contributed by atoms with Gasteiger partial charge in [-0.2, -0.15) is 0 Å². The quantitative estimate of drug-likeness (QED) is 0.670. The number of nitrogens with two attached hydrogens (primary N) is 1. The van der Waals surface area contributed by atoms with Crippen molar-refractivity contribution in [2.24, 2.45) is 5.73 Å². The van der Waals surface area contributed by atoms with Crippen LogP contribution in [0.4, 0.5) is 0 Å². The molecule has 1 unspecified atom stereocenters. The molecule has 4 heteroatoms. The molecule has 114 valence electrons. The average Bonchev–Trinajstić information content (AvgIpc) is 2.47. The van der Waals surface area contributed by atoms with Crippen LogP contribution in [0.3, 0.4) is 0 Å². The summed E-state index contributed by atoms with van der Waals surface area (Å²) < 4.78 is 16.4. The van der Waals surface area contributed by atoms with E-state index in [0.29, 0.717) is 6.61 Å². The summed E-state index contributed by atoms with van der Waals surface area (Å²) in [6.45, 7) is 6.18. The minimum Gasteiger partial charge on any atom is -0.493 e. The summed E-state index contributed by atoms with van der Waals surface area (Å²) in [5, 5.41) is 0. The van der Waals surface area contributed by atoms with Gasteiger partial charge in [-0.15, -0.1) is 0 Å². The Morgan fingerprint density at radius 3 is 2.60 bits per heavy atom. The first-order valence-corrected chi connectivity index (χ1v) is 7.34. The fourth-order valence-corrected chi connectivity index (χ4v) is 1.90. The van der Waals surface area contributed by atoms with E-state index in [2.05, 4.69) is 6.92 Å². The summed E-state index contributed by atoms with van der Waals surface area (Å²) in [5.74, 6) is 1.54. The van der Waals surface area contributed by atoms with Gasteiger partial charge in [-0.1, -0.05) is 13.0 Å². The number of hydrogen-bond donors (Lipinski definition) is 1. The Morgan fingerprint density at radius 1 is 1.15 bits per heavy atom. The Bertz CT molecular complexity index is 382. The SMILES string of the molecule is CCOCCCOc1cc(CC(N)CC)ccc1OC. The molecule has 0 heterocycles. The van der Waals surface area contributed by atoms with Crippen LogP contribution >= 0.6 is 0 Å². The molecule has 1 aromatic carbocycles. The maximum atomic E-state index is 5.99. The third-order valence-electron chi connectivity index (χ3n) is 3.15. The van der Waals surface area contributed by atoms with Crippen LogP contribution in [-0.2, 0) is 11.2 Å². The van der Waals surface area contributed by atoms with E-state index in [1.54, 1.807) is 7.11 Å². The van der Waals surface area contributed by atoms with E-state index >= 15 is 0 Å². The van der Waals surface area contributed by atoms with Gasteiger partial charge in [-0.25, -0.2) is 0 Å². The molecule has 0 radical (unpaired) electrons. The molecule has 0 aliphatic carbocycles. The molecular formula is C16H27NO3. The minimum atomic E-state index is 0.189. The van der Waals surface area contributed by atoms with Gasteiger partial charge < -0.3 is 19.9 Å². The van der Waals surface area contributed by atoms with Gasteiger partial charge in [0.25, 0.3) is 0 Å². The van der Waals surface area contributed by atoms with Gasteiger partial charge in [0.2, 0.25) is 0 Å². The standard InChI is InChI=1S/C16H27NO3/c1-4-14(17)11-13-7-8-15(18-3)16(12-13)20-10-6-9-19-5-2/h7-8,12,14H,4-6,9-11,17H2,1-3H3. The predicted octanol–water partition coefficient (Wildman–Crippen LogP) is 2.78. The average molecular weight is 281 g/mol. The van der Waals surface area contributed by atoms with Crippen LogP contribution in [0.5, 0.6) is 11.5 Å². The first-order valence-electron chi connectivity index (χ1n) is 7.34. The van der Waals surface area contributed by atoms with E-state index in [0.717, 1.165) is 44.0 Å². The van der Waals surface area contributed by atoms with Crippen LogP contribution in [0.15, 0.2) is 18.2 Å². The molecule has 1 atom stereocenters. The number of ether oxygens (including phenoxy) is 3. The zero-order chi connectivity index (χ0) is 14.8. The fourth-order valence-electron chi connectivity index (χ4n) is 1.90. The Hall–Kier alpha value is -1.26. The highest BCUT2D eigenvalue weighted by Crippen LogP contribution is 2.28. The second-order valence-electron chi connectivity index (χ2n) is 4.76. The van der Waals surface area contributed by atoms with E-state index in [9.17, 15) is 0 Å². The summed E-state index contributed by atoms with van der Waals surface area (Å²) in [5.41, 5.74) is 7.17. The Balaban J connectivity index is 2.59. The highest BCUT2D eigenvalue weighted by Gasteiger charge is 2.08. The lowest BCUT2D eigenvalue weighted by atomic mass is 10.0. The maximum Gasteiger partial charge on any atom is 0.161 e. The number of rotatable bonds is 10. The highest BCUT2D eigenvalue weighted by atomic mass is 16.5. The van der Waals surface area contributed by atoms with E-state index in [1.165, 1.54) is 5.56 Å². The topological polar surface area (TPSA) is 53.7 Å². The third kappa shape index (κ3) is 5.80. The van der Waals surface area contributed by atoms with Crippen LogP contribution in [0.1, 0.15) is 32.3 Å². The smallest absolute Gasteiger partial charge is 0.161 e. The van der Waals surface area contributed by atoms with Crippen LogP contribution in [0, 0.1) is 0 Å². The van der Waals surface area contributed by atoms with Crippen molar-refractivity contribution < 1.29 is 14.2 Å². The van der Waals surface area contributed by atoms with Crippen LogP contribution < -0.4 is 15.2 Å². The molecule has 4 nitrogen and oxygen atoms in total. The summed E-state index contributed by atoms with van der Waals surface area (Å²) >= 11 is 0. The maximum absolute atomic E-state index is 5.99. The molecule has 0 amide bonds. The first kappa shape index (κ1) is 16.8. The van der Waals surface area contributed by atoms with Crippen molar-refractivity contribution in [2.75, 3.05) is 26.9 Å². The monoisotopic (exact) mass is 281 g/mol. The van der Waals surface area contributed by atoms with Gasteiger partial charge in [0, 0.05) is 25.7 Å². The zero-order valence-corrected chi connectivity index (χ0v) is 12.9. The van der Waals surface area contributed by atoms with Gasteiger partial charge in [0.05, 0.1) is 13.7 Å². The molecule has 0 aromatic heterocycles. The third-order valence-corrected chi connectivity index (χ3v) is 3.15. The molecule has 0 bridgehead atoms. The van der Waals surface area contributed by atoms with Crippen molar-refractivity contribution in [3.63, 3.8) is 0 Å². The van der Waals surface area contributed by atoms with Crippen molar-refractivity contribution >= 4 is 0 Å². The molecule has 2 N–H and O–H groups in total. The lowest BCUT2D eigenvalue weighted by molar-refractivity contribution is 0.130. The van der Waals surface area contributed by atoms with Crippen molar-refractivity contribution in [3.8, 4) is 11.5 Å². The van der Waals surface area contributed by atoms with Crippen molar-refractivity contribution in [3.05, 3.63) is 23.8 Å². The number of benzene rings is 1. The molecule has 0 saturated heterocycles. The molecule has 1 aromatic rings. The molecular weight excluding hydrogens is 254 g/mol. The van der Waals surface area contributed by atoms with Crippen LogP contribution in [0.25, 0.3) is 0 Å². The summed E-state index contributed by atoms with van der Waals surface area (Å²) in [6.07, 6.45) is 2.70. The second kappa shape index (κ2) is 9.61. The number of hydrogen-bond acceptors (Lipinski definition) is 4. The van der Waals surface area contributed by atoms with Crippen LogP contribution in [0.2, 0.25) is 0 Å². The van der Waals surface area contributed by atoms with E-state index < -0.39 is 0 Å². The summed E-state index contributed by atoms with van der Waals surface area (Å²) in [4.78, 5) is 0. The fraction of sp³-hybridized carbons (Fsp3) is 0.625. The Kier molecular flexibility index (Phi) is 8.07.